The lowest BCUT2D eigenvalue weighted by atomic mass is 10.2. The van der Waals surface area contributed by atoms with Gasteiger partial charge in [0.1, 0.15) is 33.7 Å². The molecule has 0 fully saturated rings. The lowest BCUT2D eigenvalue weighted by Crippen LogP contribution is -2.19. The van der Waals surface area contributed by atoms with Crippen molar-refractivity contribution >= 4 is 101 Å². The number of thiol groups is 1. The summed E-state index contributed by atoms with van der Waals surface area (Å²) >= 11 is 19.8. The predicted octanol–water partition coefficient (Wildman–Crippen LogP) is 11.1. The van der Waals surface area contributed by atoms with Crippen LogP contribution in [0.25, 0.3) is 32.1 Å². The highest BCUT2D eigenvalue weighted by Crippen LogP contribution is 2.33. The molecule has 8 aromatic rings. The second-order valence-corrected chi connectivity index (χ2v) is 19.0. The molecule has 0 saturated heterocycles. The summed E-state index contributed by atoms with van der Waals surface area (Å²) in [5.41, 5.74) is 2.72. The molecule has 308 valence electrons. The lowest BCUT2D eigenvalue weighted by molar-refractivity contribution is 0.596. The number of nitrogens with zero attached hydrogens (tertiary/aromatic N) is 6. The number of sulfone groups is 1. The summed E-state index contributed by atoms with van der Waals surface area (Å²) in [6.07, 6.45) is 2.76. The molecule has 0 amide bonds. The molecule has 0 bridgehead atoms. The Labute approximate surface area is 366 Å². The number of thiazole rings is 2. The fourth-order valence-electron chi connectivity index (χ4n) is 5.17. The van der Waals surface area contributed by atoms with Gasteiger partial charge in [-0.1, -0.05) is 116 Å². The highest BCUT2D eigenvalue weighted by Gasteiger charge is 2.21. The zero-order chi connectivity index (χ0) is 41.0. The number of rotatable bonds is 6. The van der Waals surface area contributed by atoms with Gasteiger partial charge in [-0.3, -0.25) is 18.7 Å². The number of hydrogen-bond acceptors (Lipinski definition) is 12. The third-order valence-corrected chi connectivity index (χ3v) is 14.1. The van der Waals surface area contributed by atoms with Gasteiger partial charge in [-0.25, -0.2) is 37.1 Å². The van der Waals surface area contributed by atoms with Gasteiger partial charge in [-0.2, -0.15) is 0 Å². The summed E-state index contributed by atoms with van der Waals surface area (Å²) in [6, 6.07) is 23.1. The van der Waals surface area contributed by atoms with E-state index in [9.17, 15) is 26.8 Å². The van der Waals surface area contributed by atoms with Crippen LogP contribution in [0.15, 0.2) is 126 Å². The highest BCUT2D eigenvalue weighted by atomic mass is 35.5. The molecule has 0 aliphatic carbocycles. The Hall–Kier alpha value is -4.49. The van der Waals surface area contributed by atoms with Gasteiger partial charge < -0.3 is 0 Å². The van der Waals surface area contributed by atoms with E-state index in [1.807, 2.05) is 32.0 Å². The predicted molar refractivity (Wildman–Crippen MR) is 241 cm³/mol. The van der Waals surface area contributed by atoms with E-state index in [1.165, 1.54) is 76.1 Å². The molecule has 0 radical (unpaired) electrons. The molecule has 0 atom stereocenters. The largest absolute Gasteiger partial charge is 0.277 e. The van der Waals surface area contributed by atoms with Gasteiger partial charge in [0.2, 0.25) is 14.2 Å². The molecule has 0 aliphatic rings. The molecule has 59 heavy (non-hydrogen) atoms. The number of aryl methyl sites for hydroxylation is 2. The van der Waals surface area contributed by atoms with Crippen LogP contribution in [0.1, 0.15) is 32.9 Å². The first-order valence-electron chi connectivity index (χ1n) is 16.5. The maximum Gasteiger partial charge on any atom is 0.277 e. The van der Waals surface area contributed by atoms with Crippen molar-refractivity contribution < 1.29 is 17.2 Å². The molecule has 0 spiro atoms. The van der Waals surface area contributed by atoms with E-state index in [2.05, 4.69) is 32.6 Å². The number of fused-ring (bicyclic) bond motifs is 2. The van der Waals surface area contributed by atoms with Gasteiger partial charge >= 0.3 is 0 Å². The van der Waals surface area contributed by atoms with E-state index >= 15 is 0 Å². The highest BCUT2D eigenvalue weighted by molar-refractivity contribution is 8.01. The van der Waals surface area contributed by atoms with E-state index < -0.39 is 9.84 Å². The van der Waals surface area contributed by atoms with E-state index in [1.54, 1.807) is 42.5 Å². The number of benzene rings is 4. The number of halogens is 4. The molecule has 0 N–H and O–H groups in total. The Kier molecular flexibility index (Phi) is 16.1. The Morgan fingerprint density at radius 1 is 0.729 bits per heavy atom. The maximum atomic E-state index is 13.3. The number of aromatic nitrogens is 6. The van der Waals surface area contributed by atoms with Crippen LogP contribution in [-0.4, -0.2) is 43.2 Å². The van der Waals surface area contributed by atoms with Crippen LogP contribution in [0.3, 0.4) is 0 Å². The Bertz CT molecular complexity index is 2950. The Balaban J connectivity index is 0.000000215. The fraction of sp³-hybridized carbons (Fsp3) is 0.150. The summed E-state index contributed by atoms with van der Waals surface area (Å²) in [5.74, 6) is -0.631. The van der Waals surface area contributed by atoms with Gasteiger partial charge in [0.25, 0.3) is 11.1 Å². The molecule has 0 aliphatic heterocycles. The number of para-hydroxylation sites is 2. The van der Waals surface area contributed by atoms with Crippen LogP contribution in [-0.2, 0) is 9.84 Å². The second-order valence-electron chi connectivity index (χ2n) is 11.9. The van der Waals surface area contributed by atoms with Crippen molar-refractivity contribution in [2.45, 2.75) is 54.1 Å². The van der Waals surface area contributed by atoms with Crippen molar-refractivity contribution in [3.63, 3.8) is 0 Å². The Morgan fingerprint density at radius 3 is 1.69 bits per heavy atom. The minimum absolute atomic E-state index is 0. The van der Waals surface area contributed by atoms with Gasteiger partial charge in [0.15, 0.2) is 15.6 Å². The molecular formula is C40H36Cl2F2N6O4S5. The zero-order valence-electron chi connectivity index (χ0n) is 29.9. The van der Waals surface area contributed by atoms with E-state index in [0.29, 0.717) is 45.9 Å². The first-order valence-corrected chi connectivity index (χ1v) is 21.9. The topological polar surface area (TPSA) is 130 Å². The average Bonchev–Trinajstić information content (AvgIpc) is 3.80. The lowest BCUT2D eigenvalue weighted by Gasteiger charge is -2.10. The van der Waals surface area contributed by atoms with Crippen molar-refractivity contribution in [2.24, 2.45) is 0 Å². The maximum absolute atomic E-state index is 13.3. The van der Waals surface area contributed by atoms with Crippen LogP contribution in [0.5, 0.6) is 0 Å². The first kappa shape index (κ1) is 47.2. The molecule has 19 heteroatoms. The van der Waals surface area contributed by atoms with Gasteiger partial charge in [0.05, 0.1) is 27.2 Å². The van der Waals surface area contributed by atoms with Gasteiger partial charge in [0, 0.05) is 9.79 Å². The minimum atomic E-state index is -3.48. The van der Waals surface area contributed by atoms with Gasteiger partial charge in [-0.05, 0) is 73.5 Å². The normalized spacial score (nSPS) is 10.8. The standard InChI is InChI=1S/C18H11ClFN3OS2.C14H12ClN3O3S2.C6H5FS.2CH4/c1-10-4-2-7-13(19)14(10)23-9-21-16-15(17(23)24)26-18(22-16)25-12-6-3-5-11(20)8-12;1-3-23(20,21)14-17-12-11(22-14)13(19)18(7-16-12)10-8(2)5-4-6-9(10)15;7-5-2-1-3-6(8)4-5;;/h2-9H,1H3;4-7H,3H2,1-2H3;1-4,8H;2*1H4. The second kappa shape index (κ2) is 20.2. The van der Waals surface area contributed by atoms with Crippen LogP contribution < -0.4 is 11.1 Å². The molecule has 4 heterocycles. The molecule has 4 aromatic carbocycles. The monoisotopic (exact) mass is 932 g/mol. The van der Waals surface area contributed by atoms with Crippen molar-refractivity contribution in [3.8, 4) is 11.4 Å². The third kappa shape index (κ3) is 10.8. The van der Waals surface area contributed by atoms with Crippen molar-refractivity contribution in [2.75, 3.05) is 5.75 Å². The van der Waals surface area contributed by atoms with Crippen molar-refractivity contribution in [1.29, 1.82) is 0 Å². The van der Waals surface area contributed by atoms with Crippen LogP contribution in [0.4, 0.5) is 8.78 Å². The molecule has 0 unspecified atom stereocenters. The minimum Gasteiger partial charge on any atom is -0.267 e. The van der Waals surface area contributed by atoms with Crippen molar-refractivity contribution in [3.05, 3.63) is 151 Å². The fourth-order valence-corrected chi connectivity index (χ4v) is 10.3. The summed E-state index contributed by atoms with van der Waals surface area (Å²) in [5, 5.41) is 0.895. The number of hydrogen-bond donors (Lipinski definition) is 1. The summed E-state index contributed by atoms with van der Waals surface area (Å²) in [4.78, 5) is 43.7. The van der Waals surface area contributed by atoms with Crippen LogP contribution >= 0.6 is 70.3 Å². The molecular weight excluding hydrogens is 898 g/mol. The zero-order valence-corrected chi connectivity index (χ0v) is 35.5. The Morgan fingerprint density at radius 2 is 1.22 bits per heavy atom. The SMILES string of the molecule is C.C.CCS(=O)(=O)c1nc2ncn(-c3c(C)cccc3Cl)c(=O)c2s1.Cc1cccc(Cl)c1-n1cnc2nc(Sc3cccc(F)c3)sc2c1=O.Fc1cccc(S)c1. The van der Waals surface area contributed by atoms with Crippen LogP contribution in [0, 0.1) is 25.5 Å². The summed E-state index contributed by atoms with van der Waals surface area (Å²) in [7, 11) is -3.48. The quantitative estimate of drug-likeness (QED) is 0.162. The molecule has 10 nitrogen and oxygen atoms in total. The van der Waals surface area contributed by atoms with Gasteiger partial charge in [-0.15, -0.1) is 12.6 Å². The smallest absolute Gasteiger partial charge is 0.267 e. The molecule has 4 aromatic heterocycles. The average molecular weight is 934 g/mol. The third-order valence-electron chi connectivity index (χ3n) is 7.91. The molecule has 0 saturated carbocycles. The van der Waals surface area contributed by atoms with E-state index in [0.717, 1.165) is 22.5 Å². The van der Waals surface area contributed by atoms with Crippen LogP contribution in [0.2, 0.25) is 10.0 Å². The summed E-state index contributed by atoms with van der Waals surface area (Å²) in [6.45, 7) is 5.24. The van der Waals surface area contributed by atoms with E-state index in [4.69, 9.17) is 23.2 Å². The summed E-state index contributed by atoms with van der Waals surface area (Å²) < 4.78 is 53.3. The molecule has 8 rings (SSSR count). The van der Waals surface area contributed by atoms with E-state index in [-0.39, 0.29) is 58.0 Å². The van der Waals surface area contributed by atoms with Crippen molar-refractivity contribution in [1.82, 2.24) is 29.1 Å². The first-order chi connectivity index (χ1) is 27.2.